The average Bonchev–Trinajstić information content (AvgIpc) is 2.37. The van der Waals surface area contributed by atoms with Gasteiger partial charge in [0.2, 0.25) is 5.88 Å². The highest BCUT2D eigenvalue weighted by molar-refractivity contribution is 5.38. The van der Waals surface area contributed by atoms with E-state index in [1.54, 1.807) is 6.20 Å². The van der Waals surface area contributed by atoms with Gasteiger partial charge < -0.3 is 9.64 Å². The Bertz CT molecular complexity index is 443. The van der Waals surface area contributed by atoms with E-state index < -0.39 is 12.1 Å². The molecule has 0 spiro atoms. The summed E-state index contributed by atoms with van der Waals surface area (Å²) in [5.41, 5.74) is 0. The van der Waals surface area contributed by atoms with Crippen molar-refractivity contribution in [3.8, 4) is 5.88 Å². The van der Waals surface area contributed by atoms with Crippen molar-refractivity contribution < 1.29 is 17.9 Å². The summed E-state index contributed by atoms with van der Waals surface area (Å²) in [7, 11) is 0. The number of alkyl halides is 3. The summed E-state index contributed by atoms with van der Waals surface area (Å²) in [4.78, 5) is 10.1. The van der Waals surface area contributed by atoms with Crippen LogP contribution in [0.4, 0.5) is 19.0 Å². The molecule has 1 aliphatic rings. The summed E-state index contributed by atoms with van der Waals surface area (Å²) in [6.45, 7) is 4.43. The van der Waals surface area contributed by atoms with Crippen LogP contribution < -0.4 is 9.64 Å². The Morgan fingerprint density at radius 1 is 1.25 bits per heavy atom. The zero-order valence-corrected chi connectivity index (χ0v) is 11.5. The monoisotopic (exact) mass is 289 g/mol. The summed E-state index contributed by atoms with van der Waals surface area (Å²) < 4.78 is 43.3. The molecule has 0 radical (unpaired) electrons. The first-order chi connectivity index (χ1) is 9.36. The molecule has 7 heteroatoms. The number of aromatic nitrogens is 2. The Kier molecular flexibility index (Phi) is 4.35. The largest absolute Gasteiger partial charge is 0.474 e. The van der Waals surface area contributed by atoms with Gasteiger partial charge in [0.1, 0.15) is 0 Å². The van der Waals surface area contributed by atoms with E-state index in [2.05, 4.69) is 9.97 Å². The second kappa shape index (κ2) is 5.85. The van der Waals surface area contributed by atoms with Crippen LogP contribution in [0.15, 0.2) is 12.4 Å². The molecule has 0 unspecified atom stereocenters. The van der Waals surface area contributed by atoms with Crippen LogP contribution in [0.5, 0.6) is 5.88 Å². The molecule has 0 saturated carbocycles. The third kappa shape index (κ3) is 3.74. The van der Waals surface area contributed by atoms with Gasteiger partial charge in [-0.25, -0.2) is 0 Å². The van der Waals surface area contributed by atoms with Crippen LogP contribution in [0.3, 0.4) is 0 Å². The molecule has 1 fully saturated rings. The summed E-state index contributed by atoms with van der Waals surface area (Å²) in [6.07, 6.45) is -0.857. The topological polar surface area (TPSA) is 38.2 Å². The van der Waals surface area contributed by atoms with Gasteiger partial charge in [0.05, 0.1) is 24.4 Å². The molecule has 1 saturated heterocycles. The lowest BCUT2D eigenvalue weighted by atomic mass is 9.96. The van der Waals surface area contributed by atoms with Gasteiger partial charge in [0.25, 0.3) is 0 Å². The normalized spacial score (nSPS) is 17.6. The molecular weight excluding hydrogens is 271 g/mol. The maximum absolute atomic E-state index is 12.6. The van der Waals surface area contributed by atoms with Crippen molar-refractivity contribution in [1.29, 1.82) is 0 Å². The molecule has 2 rings (SSSR count). The molecule has 4 nitrogen and oxygen atoms in total. The quantitative estimate of drug-likeness (QED) is 0.857. The van der Waals surface area contributed by atoms with Crippen molar-refractivity contribution in [2.45, 2.75) is 39.0 Å². The number of ether oxygens (including phenoxy) is 1. The van der Waals surface area contributed by atoms with E-state index in [1.165, 1.54) is 6.20 Å². The molecular formula is C13H18F3N3O. The van der Waals surface area contributed by atoms with Crippen molar-refractivity contribution in [2.24, 2.45) is 5.92 Å². The zero-order chi connectivity index (χ0) is 14.8. The SMILES string of the molecule is CC(C)Oc1cncc(N2CCC(C(F)(F)F)CC2)n1. The molecule has 0 aromatic carbocycles. The van der Waals surface area contributed by atoms with E-state index in [9.17, 15) is 13.2 Å². The standard InChI is InChI=1S/C13H18F3N3O/c1-9(2)20-12-8-17-7-11(18-12)19-5-3-10(4-6-19)13(14,15)16/h7-10H,3-6H2,1-2H3. The number of hydrogen-bond donors (Lipinski definition) is 0. The molecule has 0 aliphatic carbocycles. The van der Waals surface area contributed by atoms with Crippen molar-refractivity contribution in [3.63, 3.8) is 0 Å². The van der Waals surface area contributed by atoms with E-state index in [1.807, 2.05) is 18.7 Å². The Morgan fingerprint density at radius 3 is 2.45 bits per heavy atom. The molecule has 1 aromatic rings. The number of anilines is 1. The third-order valence-electron chi connectivity index (χ3n) is 3.24. The van der Waals surface area contributed by atoms with Gasteiger partial charge in [-0.05, 0) is 26.7 Å². The number of nitrogens with zero attached hydrogens (tertiary/aromatic N) is 3. The van der Waals surface area contributed by atoms with Crippen molar-refractivity contribution in [2.75, 3.05) is 18.0 Å². The fraction of sp³-hybridized carbons (Fsp3) is 0.692. The summed E-state index contributed by atoms with van der Waals surface area (Å²) in [6, 6.07) is 0. The average molecular weight is 289 g/mol. The first-order valence-electron chi connectivity index (χ1n) is 6.66. The van der Waals surface area contributed by atoms with Crippen LogP contribution in [0.2, 0.25) is 0 Å². The summed E-state index contributed by atoms with van der Waals surface area (Å²) >= 11 is 0. The maximum Gasteiger partial charge on any atom is 0.391 e. The number of piperidine rings is 1. The van der Waals surface area contributed by atoms with Crippen LogP contribution in [-0.2, 0) is 0 Å². The Morgan fingerprint density at radius 2 is 1.90 bits per heavy atom. The highest BCUT2D eigenvalue weighted by atomic mass is 19.4. The lowest BCUT2D eigenvalue weighted by molar-refractivity contribution is -0.179. The summed E-state index contributed by atoms with van der Waals surface area (Å²) in [5, 5.41) is 0. The molecule has 1 aliphatic heterocycles. The number of halogens is 3. The van der Waals surface area contributed by atoms with E-state index in [-0.39, 0.29) is 18.9 Å². The smallest absolute Gasteiger partial charge is 0.391 e. The second-order valence-corrected chi connectivity index (χ2v) is 5.19. The van der Waals surface area contributed by atoms with Gasteiger partial charge in [-0.1, -0.05) is 0 Å². The number of rotatable bonds is 3. The van der Waals surface area contributed by atoms with Crippen LogP contribution in [0.25, 0.3) is 0 Å². The van der Waals surface area contributed by atoms with Gasteiger partial charge in [0, 0.05) is 13.1 Å². The molecule has 0 N–H and O–H groups in total. The highest BCUT2D eigenvalue weighted by Crippen LogP contribution is 2.35. The van der Waals surface area contributed by atoms with Crippen molar-refractivity contribution in [3.05, 3.63) is 12.4 Å². The van der Waals surface area contributed by atoms with Gasteiger partial charge in [0.15, 0.2) is 5.82 Å². The summed E-state index contributed by atoms with van der Waals surface area (Å²) in [5.74, 6) is -0.235. The van der Waals surface area contributed by atoms with Crippen molar-refractivity contribution >= 4 is 5.82 Å². The fourth-order valence-electron chi connectivity index (χ4n) is 2.22. The highest BCUT2D eigenvalue weighted by Gasteiger charge is 2.41. The minimum atomic E-state index is -4.10. The fourth-order valence-corrected chi connectivity index (χ4v) is 2.22. The van der Waals surface area contributed by atoms with E-state index in [4.69, 9.17) is 4.74 Å². The third-order valence-corrected chi connectivity index (χ3v) is 3.24. The van der Waals surface area contributed by atoms with Gasteiger partial charge in [-0.3, -0.25) is 4.98 Å². The molecule has 2 heterocycles. The van der Waals surface area contributed by atoms with Gasteiger partial charge in [-0.2, -0.15) is 18.2 Å². The van der Waals surface area contributed by atoms with E-state index in [0.717, 1.165) is 0 Å². The molecule has 0 atom stereocenters. The van der Waals surface area contributed by atoms with Gasteiger partial charge >= 0.3 is 6.18 Å². The Hall–Kier alpha value is -1.53. The Labute approximate surface area is 116 Å². The van der Waals surface area contributed by atoms with Crippen LogP contribution in [0, 0.1) is 5.92 Å². The van der Waals surface area contributed by atoms with Gasteiger partial charge in [-0.15, -0.1) is 0 Å². The zero-order valence-electron chi connectivity index (χ0n) is 11.5. The first-order valence-corrected chi connectivity index (χ1v) is 6.66. The molecule has 20 heavy (non-hydrogen) atoms. The second-order valence-electron chi connectivity index (χ2n) is 5.19. The molecule has 0 bridgehead atoms. The first kappa shape index (κ1) is 14.9. The number of hydrogen-bond acceptors (Lipinski definition) is 4. The van der Waals surface area contributed by atoms with Crippen LogP contribution >= 0.6 is 0 Å². The molecule has 1 aromatic heterocycles. The van der Waals surface area contributed by atoms with E-state index >= 15 is 0 Å². The van der Waals surface area contributed by atoms with Crippen LogP contribution in [0.1, 0.15) is 26.7 Å². The maximum atomic E-state index is 12.6. The van der Waals surface area contributed by atoms with Crippen molar-refractivity contribution in [1.82, 2.24) is 9.97 Å². The minimum Gasteiger partial charge on any atom is -0.474 e. The Balaban J connectivity index is 2.00. The predicted molar refractivity (Wildman–Crippen MR) is 68.8 cm³/mol. The van der Waals surface area contributed by atoms with E-state index in [0.29, 0.717) is 24.8 Å². The lowest BCUT2D eigenvalue weighted by Gasteiger charge is -2.33. The minimum absolute atomic E-state index is 0.0180. The molecule has 0 amide bonds. The lowest BCUT2D eigenvalue weighted by Crippen LogP contribution is -2.39. The molecule has 112 valence electrons. The van der Waals surface area contributed by atoms with Crippen LogP contribution in [-0.4, -0.2) is 35.3 Å². The predicted octanol–water partition coefficient (Wildman–Crippen LogP) is 3.04.